The van der Waals surface area contributed by atoms with Crippen LogP contribution in [0.3, 0.4) is 0 Å². The van der Waals surface area contributed by atoms with Crippen LogP contribution in [0.1, 0.15) is 24.4 Å². The molecule has 2 N–H and O–H groups in total. The fourth-order valence-electron chi connectivity index (χ4n) is 1.51. The van der Waals surface area contributed by atoms with Gasteiger partial charge in [-0.3, -0.25) is 0 Å². The Bertz CT molecular complexity index is 323. The molecule has 0 spiro atoms. The van der Waals surface area contributed by atoms with Crippen molar-refractivity contribution in [3.63, 3.8) is 0 Å². The van der Waals surface area contributed by atoms with E-state index in [2.05, 4.69) is 10.2 Å². The van der Waals surface area contributed by atoms with Gasteiger partial charge in [-0.15, -0.1) is 0 Å². The van der Waals surface area contributed by atoms with Crippen molar-refractivity contribution in [1.29, 1.82) is 0 Å². The van der Waals surface area contributed by atoms with E-state index in [1.165, 1.54) is 0 Å². The van der Waals surface area contributed by atoms with Crippen LogP contribution in [0, 0.1) is 0 Å². The van der Waals surface area contributed by atoms with Crippen molar-refractivity contribution in [2.24, 2.45) is 5.73 Å². The van der Waals surface area contributed by atoms with Crippen LogP contribution in [-0.4, -0.2) is 16.8 Å². The predicted octanol–water partition coefficient (Wildman–Crippen LogP) is 1.17. The summed E-state index contributed by atoms with van der Waals surface area (Å²) in [4.78, 5) is 0. The first-order valence-electron chi connectivity index (χ1n) is 4.70. The monoisotopic (exact) mass is 191 g/mol. The molecule has 1 atom stereocenters. The SMILES string of the molecule is NC(C1=COCCC1)c1ccnnc1. The van der Waals surface area contributed by atoms with Crippen LogP contribution < -0.4 is 5.73 Å². The van der Waals surface area contributed by atoms with Crippen molar-refractivity contribution in [2.75, 3.05) is 6.61 Å². The Morgan fingerprint density at radius 1 is 1.43 bits per heavy atom. The summed E-state index contributed by atoms with van der Waals surface area (Å²) in [5, 5.41) is 7.52. The molecule has 1 aromatic heterocycles. The quantitative estimate of drug-likeness (QED) is 0.762. The fraction of sp³-hybridized carbons (Fsp3) is 0.400. The molecule has 0 amide bonds. The fourth-order valence-corrected chi connectivity index (χ4v) is 1.51. The minimum atomic E-state index is -0.106. The lowest BCUT2D eigenvalue weighted by Gasteiger charge is -2.19. The molecule has 1 unspecified atom stereocenters. The Labute approximate surface area is 82.8 Å². The van der Waals surface area contributed by atoms with Crippen LogP contribution in [0.5, 0.6) is 0 Å². The van der Waals surface area contributed by atoms with E-state index in [9.17, 15) is 0 Å². The molecular weight excluding hydrogens is 178 g/mol. The Balaban J connectivity index is 2.15. The summed E-state index contributed by atoms with van der Waals surface area (Å²) in [5.74, 6) is 0. The van der Waals surface area contributed by atoms with Crippen molar-refractivity contribution in [1.82, 2.24) is 10.2 Å². The minimum absolute atomic E-state index is 0.106. The highest BCUT2D eigenvalue weighted by molar-refractivity contribution is 5.23. The first kappa shape index (κ1) is 9.15. The van der Waals surface area contributed by atoms with Gasteiger partial charge in [0.05, 0.1) is 25.1 Å². The highest BCUT2D eigenvalue weighted by Crippen LogP contribution is 2.24. The number of hydrogen-bond acceptors (Lipinski definition) is 4. The summed E-state index contributed by atoms with van der Waals surface area (Å²) < 4.78 is 5.25. The van der Waals surface area contributed by atoms with Gasteiger partial charge >= 0.3 is 0 Å². The molecule has 1 aromatic rings. The number of aromatic nitrogens is 2. The lowest BCUT2D eigenvalue weighted by molar-refractivity contribution is 0.221. The molecule has 1 aliphatic rings. The lowest BCUT2D eigenvalue weighted by Crippen LogP contribution is -2.16. The number of nitrogens with two attached hydrogens (primary N) is 1. The zero-order valence-electron chi connectivity index (χ0n) is 7.89. The minimum Gasteiger partial charge on any atom is -0.501 e. The van der Waals surface area contributed by atoms with Gasteiger partial charge in [0.1, 0.15) is 0 Å². The smallest absolute Gasteiger partial charge is 0.0876 e. The van der Waals surface area contributed by atoms with Gasteiger partial charge in [-0.05, 0) is 30.0 Å². The summed E-state index contributed by atoms with van der Waals surface area (Å²) in [6.45, 7) is 0.796. The number of nitrogens with zero attached hydrogens (tertiary/aromatic N) is 2. The Hall–Kier alpha value is -1.42. The number of rotatable bonds is 2. The first-order valence-corrected chi connectivity index (χ1v) is 4.70. The van der Waals surface area contributed by atoms with E-state index in [4.69, 9.17) is 10.5 Å². The van der Waals surface area contributed by atoms with Gasteiger partial charge in [-0.25, -0.2) is 0 Å². The topological polar surface area (TPSA) is 61.0 Å². The third-order valence-corrected chi connectivity index (χ3v) is 2.33. The van der Waals surface area contributed by atoms with Crippen LogP contribution in [0.25, 0.3) is 0 Å². The maximum absolute atomic E-state index is 6.05. The zero-order valence-corrected chi connectivity index (χ0v) is 7.89. The number of ether oxygens (including phenoxy) is 1. The molecule has 2 rings (SSSR count). The van der Waals surface area contributed by atoms with Gasteiger partial charge in [-0.1, -0.05) is 0 Å². The van der Waals surface area contributed by atoms with E-state index in [0.29, 0.717) is 0 Å². The van der Waals surface area contributed by atoms with Gasteiger partial charge < -0.3 is 10.5 Å². The van der Waals surface area contributed by atoms with E-state index in [1.807, 2.05) is 6.07 Å². The summed E-state index contributed by atoms with van der Waals surface area (Å²) in [6.07, 6.45) is 7.16. The van der Waals surface area contributed by atoms with Crippen molar-refractivity contribution >= 4 is 0 Å². The van der Waals surface area contributed by atoms with Gasteiger partial charge in [0.25, 0.3) is 0 Å². The highest BCUT2D eigenvalue weighted by atomic mass is 16.5. The Morgan fingerprint density at radius 3 is 3.00 bits per heavy atom. The van der Waals surface area contributed by atoms with Crippen LogP contribution in [0.15, 0.2) is 30.3 Å². The maximum Gasteiger partial charge on any atom is 0.0876 e. The lowest BCUT2D eigenvalue weighted by atomic mass is 9.98. The molecule has 4 nitrogen and oxygen atoms in total. The van der Waals surface area contributed by atoms with E-state index in [-0.39, 0.29) is 6.04 Å². The summed E-state index contributed by atoms with van der Waals surface area (Å²) in [5.41, 5.74) is 8.17. The Morgan fingerprint density at radius 2 is 2.36 bits per heavy atom. The van der Waals surface area contributed by atoms with Crippen molar-refractivity contribution in [3.05, 3.63) is 35.9 Å². The summed E-state index contributed by atoms with van der Waals surface area (Å²) >= 11 is 0. The largest absolute Gasteiger partial charge is 0.501 e. The molecule has 74 valence electrons. The van der Waals surface area contributed by atoms with Gasteiger partial charge in [0, 0.05) is 6.20 Å². The van der Waals surface area contributed by atoms with Crippen molar-refractivity contribution < 1.29 is 4.74 Å². The Kier molecular flexibility index (Phi) is 2.74. The molecule has 2 heterocycles. The molecule has 0 saturated heterocycles. The van der Waals surface area contributed by atoms with Gasteiger partial charge in [0.2, 0.25) is 0 Å². The van der Waals surface area contributed by atoms with Gasteiger partial charge in [-0.2, -0.15) is 10.2 Å². The second kappa shape index (κ2) is 4.19. The average Bonchev–Trinajstić information content (AvgIpc) is 2.30. The van der Waals surface area contributed by atoms with Crippen molar-refractivity contribution in [2.45, 2.75) is 18.9 Å². The highest BCUT2D eigenvalue weighted by Gasteiger charge is 2.14. The van der Waals surface area contributed by atoms with E-state index in [1.54, 1.807) is 18.7 Å². The van der Waals surface area contributed by atoms with Crippen LogP contribution >= 0.6 is 0 Å². The van der Waals surface area contributed by atoms with Crippen molar-refractivity contribution in [3.8, 4) is 0 Å². The summed E-state index contributed by atoms with van der Waals surface area (Å²) in [6, 6.07) is 1.78. The van der Waals surface area contributed by atoms with Gasteiger partial charge in [0.15, 0.2) is 0 Å². The van der Waals surface area contributed by atoms with E-state index < -0.39 is 0 Å². The predicted molar refractivity (Wildman–Crippen MR) is 52.2 cm³/mol. The standard InChI is InChI=1S/C10H13N3O/c11-10(8-3-4-12-13-6-8)9-2-1-5-14-7-9/h3-4,6-7,10H,1-2,5,11H2. The molecule has 0 saturated carbocycles. The molecule has 4 heteroatoms. The molecule has 0 radical (unpaired) electrons. The summed E-state index contributed by atoms with van der Waals surface area (Å²) in [7, 11) is 0. The zero-order chi connectivity index (χ0) is 9.80. The second-order valence-electron chi connectivity index (χ2n) is 3.32. The molecular formula is C10H13N3O. The molecule has 1 aliphatic heterocycles. The second-order valence-corrected chi connectivity index (χ2v) is 3.32. The average molecular weight is 191 g/mol. The van der Waals surface area contributed by atoms with Crippen LogP contribution in [0.2, 0.25) is 0 Å². The molecule has 14 heavy (non-hydrogen) atoms. The molecule has 0 aromatic carbocycles. The van der Waals surface area contributed by atoms with Crippen LogP contribution in [-0.2, 0) is 4.74 Å². The normalized spacial score (nSPS) is 18.2. The number of hydrogen-bond donors (Lipinski definition) is 1. The molecule has 0 bridgehead atoms. The maximum atomic E-state index is 6.05. The molecule has 0 aliphatic carbocycles. The third-order valence-electron chi connectivity index (χ3n) is 2.33. The van der Waals surface area contributed by atoms with Crippen LogP contribution in [0.4, 0.5) is 0 Å². The first-order chi connectivity index (χ1) is 6.88. The third kappa shape index (κ3) is 1.90. The molecule has 0 fully saturated rings. The van der Waals surface area contributed by atoms with E-state index in [0.717, 1.165) is 30.6 Å². The van der Waals surface area contributed by atoms with E-state index >= 15 is 0 Å².